The van der Waals surface area contributed by atoms with Gasteiger partial charge in [-0.15, -0.1) is 0 Å². The van der Waals surface area contributed by atoms with Crippen LogP contribution in [0.3, 0.4) is 0 Å². The van der Waals surface area contributed by atoms with Crippen LogP contribution in [0.5, 0.6) is 5.75 Å². The molecule has 1 N–H and O–H groups in total. The highest BCUT2D eigenvalue weighted by atomic mass is 35.5. The van der Waals surface area contributed by atoms with E-state index in [1.807, 2.05) is 13.8 Å². The molecule has 4 rings (SSSR count). The minimum Gasteiger partial charge on any atom is -0.494 e. The third-order valence-electron chi connectivity index (χ3n) is 7.84. The highest BCUT2D eigenvalue weighted by molar-refractivity contribution is 7.92. The molecular weight excluding hydrogens is 657 g/mol. The summed E-state index contributed by atoms with van der Waals surface area (Å²) >= 11 is 19.1. The number of carbonyl (C=O) groups is 2. The van der Waals surface area contributed by atoms with Gasteiger partial charge in [0.1, 0.15) is 18.3 Å². The monoisotopic (exact) mass is 693 g/mol. The van der Waals surface area contributed by atoms with Crippen LogP contribution in [0.15, 0.2) is 71.6 Å². The normalized spacial score (nSPS) is 14.4. The van der Waals surface area contributed by atoms with Crippen molar-refractivity contribution in [3.63, 3.8) is 0 Å². The Labute approximate surface area is 280 Å². The van der Waals surface area contributed by atoms with Crippen LogP contribution in [0.4, 0.5) is 5.69 Å². The standard InChI is InChI=1S/C33H38Cl3N3O5S/c1-3-31(33(41)37-24-9-6-5-7-10-24)38(21-28-29(35)11-8-12-30(28)36)32(40)22-39(25-15-17-26(18-16-25)44-4-2)45(42,43)27-19-13-23(34)14-20-27/h8,11-20,24,31H,3-7,9-10,21-22H2,1-2H3,(H,37,41)/t31-/m1/s1. The first kappa shape index (κ1) is 34.9. The smallest absolute Gasteiger partial charge is 0.264 e. The topological polar surface area (TPSA) is 96.0 Å². The maximum atomic E-state index is 14.4. The number of amides is 2. The zero-order valence-corrected chi connectivity index (χ0v) is 28.4. The molecule has 0 bridgehead atoms. The molecular formula is C33H38Cl3N3O5S. The summed E-state index contributed by atoms with van der Waals surface area (Å²) in [6.45, 7) is 3.42. The third-order valence-corrected chi connectivity index (χ3v) is 10.6. The summed E-state index contributed by atoms with van der Waals surface area (Å²) < 4.78 is 34.7. The van der Waals surface area contributed by atoms with E-state index in [-0.39, 0.29) is 29.1 Å². The molecule has 0 saturated heterocycles. The van der Waals surface area contributed by atoms with Crippen molar-refractivity contribution in [2.24, 2.45) is 0 Å². The van der Waals surface area contributed by atoms with Gasteiger partial charge in [-0.2, -0.15) is 0 Å². The molecule has 0 heterocycles. The van der Waals surface area contributed by atoms with E-state index in [0.717, 1.165) is 36.4 Å². The zero-order chi connectivity index (χ0) is 32.6. The van der Waals surface area contributed by atoms with Gasteiger partial charge in [0.15, 0.2) is 0 Å². The van der Waals surface area contributed by atoms with Gasteiger partial charge >= 0.3 is 0 Å². The maximum absolute atomic E-state index is 14.4. The Kier molecular flexibility index (Phi) is 12.4. The minimum absolute atomic E-state index is 0.0202. The van der Waals surface area contributed by atoms with Crippen LogP contribution in [0.25, 0.3) is 0 Å². The lowest BCUT2D eigenvalue weighted by atomic mass is 9.95. The summed E-state index contributed by atoms with van der Waals surface area (Å²) in [5.41, 5.74) is 0.712. The van der Waals surface area contributed by atoms with Crippen molar-refractivity contribution in [1.29, 1.82) is 0 Å². The fraction of sp³-hybridized carbons (Fsp3) is 0.394. The Morgan fingerprint density at radius 2 is 1.53 bits per heavy atom. The first-order valence-corrected chi connectivity index (χ1v) is 17.7. The lowest BCUT2D eigenvalue weighted by Crippen LogP contribution is -2.54. The van der Waals surface area contributed by atoms with Gasteiger partial charge in [-0.1, -0.05) is 67.1 Å². The molecule has 0 spiro atoms. The average molecular weight is 695 g/mol. The van der Waals surface area contributed by atoms with Crippen molar-refractivity contribution < 1.29 is 22.7 Å². The van der Waals surface area contributed by atoms with Crippen molar-refractivity contribution in [2.75, 3.05) is 17.5 Å². The second-order valence-electron chi connectivity index (χ2n) is 10.9. The number of carbonyl (C=O) groups excluding carboxylic acids is 2. The molecule has 1 aliphatic rings. The Morgan fingerprint density at radius 1 is 0.911 bits per heavy atom. The Morgan fingerprint density at radius 3 is 2.11 bits per heavy atom. The summed E-state index contributed by atoms with van der Waals surface area (Å²) in [6.07, 6.45) is 5.22. The molecule has 2 amide bonds. The van der Waals surface area contributed by atoms with Crippen LogP contribution in [-0.4, -0.2) is 50.4 Å². The molecule has 1 fully saturated rings. The number of hydrogen-bond acceptors (Lipinski definition) is 5. The number of benzene rings is 3. The fourth-order valence-corrected chi connectivity index (χ4v) is 7.51. The van der Waals surface area contributed by atoms with E-state index in [1.54, 1.807) is 42.5 Å². The van der Waals surface area contributed by atoms with Gasteiger partial charge in [-0.3, -0.25) is 13.9 Å². The predicted molar refractivity (Wildman–Crippen MR) is 180 cm³/mol. The maximum Gasteiger partial charge on any atom is 0.264 e. The van der Waals surface area contributed by atoms with Gasteiger partial charge in [-0.25, -0.2) is 8.42 Å². The van der Waals surface area contributed by atoms with Gasteiger partial charge in [0.05, 0.1) is 17.2 Å². The number of anilines is 1. The van der Waals surface area contributed by atoms with E-state index in [1.165, 1.54) is 29.2 Å². The molecule has 3 aromatic rings. The summed E-state index contributed by atoms with van der Waals surface area (Å²) in [5, 5.41) is 4.16. The van der Waals surface area contributed by atoms with Gasteiger partial charge in [0.2, 0.25) is 11.8 Å². The molecule has 0 unspecified atom stereocenters. The average Bonchev–Trinajstić information content (AvgIpc) is 3.02. The van der Waals surface area contributed by atoms with Crippen LogP contribution in [0.1, 0.15) is 57.9 Å². The fourth-order valence-electron chi connectivity index (χ4n) is 5.46. The largest absolute Gasteiger partial charge is 0.494 e. The molecule has 3 aromatic carbocycles. The van der Waals surface area contributed by atoms with Crippen LogP contribution >= 0.6 is 34.8 Å². The van der Waals surface area contributed by atoms with E-state index >= 15 is 0 Å². The van der Waals surface area contributed by atoms with Crippen LogP contribution in [0.2, 0.25) is 15.1 Å². The minimum atomic E-state index is -4.26. The molecule has 242 valence electrons. The van der Waals surface area contributed by atoms with Crippen LogP contribution in [-0.2, 0) is 26.2 Å². The van der Waals surface area contributed by atoms with Gasteiger partial charge in [0, 0.05) is 33.2 Å². The van der Waals surface area contributed by atoms with Gasteiger partial charge < -0.3 is 15.0 Å². The first-order valence-electron chi connectivity index (χ1n) is 15.1. The molecule has 1 saturated carbocycles. The molecule has 0 aromatic heterocycles. The Hall–Kier alpha value is -2.98. The highest BCUT2D eigenvalue weighted by Crippen LogP contribution is 2.30. The molecule has 8 nitrogen and oxygen atoms in total. The van der Waals surface area contributed by atoms with Crippen molar-refractivity contribution >= 4 is 62.3 Å². The molecule has 1 aliphatic carbocycles. The molecule has 0 radical (unpaired) electrons. The van der Waals surface area contributed by atoms with Crippen molar-refractivity contribution in [3.05, 3.63) is 87.4 Å². The number of ether oxygens (including phenoxy) is 1. The number of rotatable bonds is 13. The van der Waals surface area contributed by atoms with Gasteiger partial charge in [-0.05, 0) is 86.8 Å². The molecule has 1 atom stereocenters. The quantitative estimate of drug-likeness (QED) is 0.200. The first-order chi connectivity index (χ1) is 21.5. The highest BCUT2D eigenvalue weighted by Gasteiger charge is 2.35. The van der Waals surface area contributed by atoms with Crippen molar-refractivity contribution in [1.82, 2.24) is 10.2 Å². The summed E-state index contributed by atoms with van der Waals surface area (Å²) in [4.78, 5) is 29.4. The number of sulfonamides is 1. The lowest BCUT2D eigenvalue weighted by molar-refractivity contribution is -0.140. The number of halogens is 3. The van der Waals surface area contributed by atoms with E-state index in [2.05, 4.69) is 5.32 Å². The third kappa shape index (κ3) is 8.85. The second-order valence-corrected chi connectivity index (χ2v) is 14.0. The van der Waals surface area contributed by atoms with E-state index in [4.69, 9.17) is 39.5 Å². The lowest BCUT2D eigenvalue weighted by Gasteiger charge is -2.34. The van der Waals surface area contributed by atoms with Gasteiger partial charge in [0.25, 0.3) is 10.0 Å². The number of hydrogen-bond donors (Lipinski definition) is 1. The summed E-state index contributed by atoms with van der Waals surface area (Å²) in [5.74, 6) is -0.339. The second kappa shape index (κ2) is 16.0. The van der Waals surface area contributed by atoms with E-state index < -0.39 is 28.5 Å². The number of nitrogens with zero attached hydrogens (tertiary/aromatic N) is 2. The van der Waals surface area contributed by atoms with Crippen LogP contribution < -0.4 is 14.4 Å². The Balaban J connectivity index is 1.74. The summed E-state index contributed by atoms with van der Waals surface area (Å²) in [6, 6.07) is 16.3. The van der Waals surface area contributed by atoms with Crippen molar-refractivity contribution in [2.45, 2.75) is 75.9 Å². The van der Waals surface area contributed by atoms with E-state index in [0.29, 0.717) is 39.4 Å². The SMILES string of the molecule is CCOc1ccc(N(CC(=O)N(Cc2c(Cl)cccc2Cl)[C@H](CC)C(=O)NC2CCCCC2)S(=O)(=O)c2ccc(Cl)cc2)cc1. The van der Waals surface area contributed by atoms with Crippen LogP contribution in [0, 0.1) is 0 Å². The molecule has 0 aliphatic heterocycles. The predicted octanol–water partition coefficient (Wildman–Crippen LogP) is 7.50. The molecule has 45 heavy (non-hydrogen) atoms. The Bertz CT molecular complexity index is 1540. The molecule has 12 heteroatoms. The summed E-state index contributed by atoms with van der Waals surface area (Å²) in [7, 11) is -4.26. The van der Waals surface area contributed by atoms with Crippen molar-refractivity contribution in [3.8, 4) is 5.75 Å². The number of nitrogens with one attached hydrogen (secondary N) is 1. The zero-order valence-electron chi connectivity index (χ0n) is 25.3. The van der Waals surface area contributed by atoms with E-state index in [9.17, 15) is 18.0 Å².